The van der Waals surface area contributed by atoms with Crippen LogP contribution in [0.4, 0.5) is 0 Å². The van der Waals surface area contributed by atoms with Crippen molar-refractivity contribution in [2.24, 2.45) is 5.73 Å². The Balaban J connectivity index is 2.43. The maximum atomic E-state index is 10.8. The molecule has 0 aromatic carbocycles. The minimum absolute atomic E-state index is 0.180. The second-order valence-electron chi connectivity index (χ2n) is 4.79. The van der Waals surface area contributed by atoms with Gasteiger partial charge in [-0.2, -0.15) is 0 Å². The highest BCUT2D eigenvalue weighted by Gasteiger charge is 2.25. The predicted octanol–water partition coefficient (Wildman–Crippen LogP) is 1.44. The topological polar surface area (TPSA) is 66.6 Å². The summed E-state index contributed by atoms with van der Waals surface area (Å²) < 4.78 is 0. The van der Waals surface area contributed by atoms with Crippen molar-refractivity contribution in [1.82, 2.24) is 4.90 Å². The average molecular weight is 228 g/mol. The normalized spacial score (nSPS) is 25.9. The highest BCUT2D eigenvalue weighted by molar-refractivity contribution is 5.69. The highest BCUT2D eigenvalue weighted by Crippen LogP contribution is 2.22. The molecule has 0 atom stereocenters. The summed E-state index contributed by atoms with van der Waals surface area (Å²) in [5.74, 6) is -0.717. The Labute approximate surface area is 97.8 Å². The number of hydrogen-bond donors (Lipinski definition) is 2. The molecule has 16 heavy (non-hydrogen) atoms. The van der Waals surface area contributed by atoms with Gasteiger partial charge in [-0.15, -0.1) is 0 Å². The molecule has 1 aliphatic rings. The highest BCUT2D eigenvalue weighted by atomic mass is 16.4. The van der Waals surface area contributed by atoms with Crippen LogP contribution in [0.15, 0.2) is 0 Å². The molecule has 0 spiro atoms. The molecule has 94 valence electrons. The van der Waals surface area contributed by atoms with Crippen LogP contribution < -0.4 is 5.73 Å². The van der Waals surface area contributed by atoms with Crippen LogP contribution >= 0.6 is 0 Å². The Hall–Kier alpha value is -0.610. The van der Waals surface area contributed by atoms with Gasteiger partial charge in [0.2, 0.25) is 0 Å². The van der Waals surface area contributed by atoms with Crippen LogP contribution in [0.2, 0.25) is 0 Å². The van der Waals surface area contributed by atoms with Gasteiger partial charge in [0.15, 0.2) is 0 Å². The number of carbonyl (C=O) groups is 1. The first-order chi connectivity index (χ1) is 7.63. The summed E-state index contributed by atoms with van der Waals surface area (Å²) in [5.41, 5.74) is 5.86. The molecule has 0 aliphatic heterocycles. The SMILES string of the molecule is CCCCN(CC(=O)O)C1CCC(N)CC1. The molecule has 4 nitrogen and oxygen atoms in total. The van der Waals surface area contributed by atoms with E-state index in [1.165, 1.54) is 0 Å². The van der Waals surface area contributed by atoms with E-state index in [0.29, 0.717) is 12.1 Å². The monoisotopic (exact) mass is 228 g/mol. The summed E-state index contributed by atoms with van der Waals surface area (Å²) in [4.78, 5) is 12.9. The number of aliphatic carboxylic acids is 1. The molecule has 3 N–H and O–H groups in total. The van der Waals surface area contributed by atoms with Crippen LogP contribution in [-0.2, 0) is 4.79 Å². The van der Waals surface area contributed by atoms with E-state index in [-0.39, 0.29) is 6.54 Å². The minimum atomic E-state index is -0.717. The van der Waals surface area contributed by atoms with Gasteiger partial charge < -0.3 is 10.8 Å². The number of rotatable bonds is 6. The van der Waals surface area contributed by atoms with Gasteiger partial charge in [-0.1, -0.05) is 13.3 Å². The number of hydrogen-bond acceptors (Lipinski definition) is 3. The van der Waals surface area contributed by atoms with Crippen LogP contribution in [0.25, 0.3) is 0 Å². The molecule has 0 unspecified atom stereocenters. The number of nitrogens with zero attached hydrogens (tertiary/aromatic N) is 1. The molecule has 1 rings (SSSR count). The number of carboxylic acids is 1. The molecule has 0 saturated heterocycles. The van der Waals surface area contributed by atoms with Crippen molar-refractivity contribution in [2.75, 3.05) is 13.1 Å². The van der Waals surface area contributed by atoms with E-state index in [1.807, 2.05) is 0 Å². The number of carboxylic acid groups (broad SMARTS) is 1. The molecule has 1 fully saturated rings. The van der Waals surface area contributed by atoms with E-state index >= 15 is 0 Å². The number of nitrogens with two attached hydrogens (primary N) is 1. The zero-order valence-corrected chi connectivity index (χ0v) is 10.2. The standard InChI is InChI=1S/C12H24N2O2/c1-2-3-8-14(9-12(15)16)11-6-4-10(13)5-7-11/h10-11H,2-9,13H2,1H3,(H,15,16). The van der Waals surface area contributed by atoms with Crippen molar-refractivity contribution in [2.45, 2.75) is 57.5 Å². The number of unbranched alkanes of at least 4 members (excludes halogenated alkanes) is 1. The Bertz CT molecular complexity index is 213. The molecule has 0 aromatic rings. The van der Waals surface area contributed by atoms with Gasteiger partial charge in [0.25, 0.3) is 0 Å². The lowest BCUT2D eigenvalue weighted by molar-refractivity contribution is -0.139. The lowest BCUT2D eigenvalue weighted by Gasteiger charge is -2.35. The van der Waals surface area contributed by atoms with Gasteiger partial charge in [0.05, 0.1) is 6.54 Å². The van der Waals surface area contributed by atoms with E-state index in [2.05, 4.69) is 11.8 Å². The average Bonchev–Trinajstić information content (AvgIpc) is 2.25. The molecular weight excluding hydrogens is 204 g/mol. The Kier molecular flexibility index (Phi) is 5.77. The van der Waals surface area contributed by atoms with Crippen molar-refractivity contribution >= 4 is 5.97 Å². The first kappa shape index (κ1) is 13.5. The summed E-state index contributed by atoms with van der Waals surface area (Å²) in [6, 6.07) is 0.761. The zero-order chi connectivity index (χ0) is 12.0. The fraction of sp³-hybridized carbons (Fsp3) is 0.917. The molecule has 0 amide bonds. The van der Waals surface area contributed by atoms with Crippen LogP contribution in [0.3, 0.4) is 0 Å². The second kappa shape index (κ2) is 6.86. The molecule has 4 heteroatoms. The fourth-order valence-corrected chi connectivity index (χ4v) is 2.39. The smallest absolute Gasteiger partial charge is 0.317 e. The minimum Gasteiger partial charge on any atom is -0.480 e. The second-order valence-corrected chi connectivity index (χ2v) is 4.79. The Morgan fingerprint density at radius 3 is 2.50 bits per heavy atom. The quantitative estimate of drug-likeness (QED) is 0.722. The predicted molar refractivity (Wildman–Crippen MR) is 64.3 cm³/mol. The van der Waals surface area contributed by atoms with Crippen molar-refractivity contribution < 1.29 is 9.90 Å². The van der Waals surface area contributed by atoms with Gasteiger partial charge >= 0.3 is 5.97 Å². The van der Waals surface area contributed by atoms with Crippen molar-refractivity contribution in [3.8, 4) is 0 Å². The van der Waals surface area contributed by atoms with E-state index < -0.39 is 5.97 Å². The molecule has 0 radical (unpaired) electrons. The molecule has 0 bridgehead atoms. The van der Waals surface area contributed by atoms with Crippen molar-refractivity contribution in [1.29, 1.82) is 0 Å². The maximum Gasteiger partial charge on any atom is 0.317 e. The van der Waals surface area contributed by atoms with Crippen LogP contribution in [0.1, 0.15) is 45.4 Å². The van der Waals surface area contributed by atoms with Crippen LogP contribution in [-0.4, -0.2) is 41.1 Å². The van der Waals surface area contributed by atoms with Crippen LogP contribution in [0.5, 0.6) is 0 Å². The van der Waals surface area contributed by atoms with Crippen molar-refractivity contribution in [3.63, 3.8) is 0 Å². The van der Waals surface area contributed by atoms with Gasteiger partial charge in [-0.05, 0) is 38.6 Å². The Morgan fingerprint density at radius 1 is 1.38 bits per heavy atom. The molecule has 1 saturated carbocycles. The van der Waals surface area contributed by atoms with Gasteiger partial charge in [-0.25, -0.2) is 0 Å². The molecule has 0 aromatic heterocycles. The summed E-state index contributed by atoms with van der Waals surface area (Å²) >= 11 is 0. The van der Waals surface area contributed by atoms with Crippen molar-refractivity contribution in [3.05, 3.63) is 0 Å². The van der Waals surface area contributed by atoms with Crippen LogP contribution in [0, 0.1) is 0 Å². The summed E-state index contributed by atoms with van der Waals surface area (Å²) in [6.07, 6.45) is 6.37. The van der Waals surface area contributed by atoms with E-state index in [4.69, 9.17) is 10.8 Å². The first-order valence-electron chi connectivity index (χ1n) is 6.35. The largest absolute Gasteiger partial charge is 0.480 e. The summed E-state index contributed by atoms with van der Waals surface area (Å²) in [7, 11) is 0. The van der Waals surface area contributed by atoms with Gasteiger partial charge in [0, 0.05) is 12.1 Å². The fourth-order valence-electron chi connectivity index (χ4n) is 2.39. The molecule has 0 heterocycles. The third-order valence-electron chi connectivity index (χ3n) is 3.39. The molecule has 1 aliphatic carbocycles. The zero-order valence-electron chi connectivity index (χ0n) is 10.2. The third kappa shape index (κ3) is 4.49. The summed E-state index contributed by atoms with van der Waals surface area (Å²) in [5, 5.41) is 8.90. The Morgan fingerprint density at radius 2 is 2.00 bits per heavy atom. The van der Waals surface area contributed by atoms with E-state index in [1.54, 1.807) is 0 Å². The van der Waals surface area contributed by atoms with Gasteiger partial charge in [-0.3, -0.25) is 9.69 Å². The van der Waals surface area contributed by atoms with Gasteiger partial charge in [0.1, 0.15) is 0 Å². The third-order valence-corrected chi connectivity index (χ3v) is 3.39. The van der Waals surface area contributed by atoms with E-state index in [9.17, 15) is 4.79 Å². The molecular formula is C12H24N2O2. The summed E-state index contributed by atoms with van der Waals surface area (Å²) in [6.45, 7) is 3.22. The lowest BCUT2D eigenvalue weighted by Crippen LogP contribution is -2.43. The van der Waals surface area contributed by atoms with E-state index in [0.717, 1.165) is 45.1 Å². The lowest BCUT2D eigenvalue weighted by atomic mass is 9.90. The maximum absolute atomic E-state index is 10.8. The first-order valence-corrected chi connectivity index (χ1v) is 6.35.